The Hall–Kier alpha value is -2.69. The first-order valence-electron chi connectivity index (χ1n) is 7.36. The fourth-order valence-electron chi connectivity index (χ4n) is 2.68. The molecule has 0 saturated heterocycles. The molecule has 23 heavy (non-hydrogen) atoms. The lowest BCUT2D eigenvalue weighted by Gasteiger charge is -2.14. The molecule has 1 unspecified atom stereocenters. The molecule has 1 N–H and O–H groups in total. The van der Waals surface area contributed by atoms with Crippen molar-refractivity contribution in [2.45, 2.75) is 26.8 Å². The van der Waals surface area contributed by atoms with Crippen molar-refractivity contribution in [3.8, 4) is 11.4 Å². The fraction of sp³-hybridized carbons (Fsp3) is 0.222. The summed E-state index contributed by atoms with van der Waals surface area (Å²) in [4.78, 5) is 16.1. The third-order valence-electron chi connectivity index (χ3n) is 4.13. The van der Waals surface area contributed by atoms with Crippen molar-refractivity contribution in [3.05, 3.63) is 53.3 Å². The van der Waals surface area contributed by atoms with Crippen LogP contribution in [0.5, 0.6) is 0 Å². The van der Waals surface area contributed by atoms with E-state index in [0.717, 1.165) is 16.6 Å². The van der Waals surface area contributed by atoms with Crippen LogP contribution in [0.4, 0.5) is 4.39 Å². The van der Waals surface area contributed by atoms with Crippen molar-refractivity contribution < 1.29 is 14.3 Å². The summed E-state index contributed by atoms with van der Waals surface area (Å²) in [5, 5.41) is 9.44. The number of hydrogen-bond donors (Lipinski definition) is 1. The second-order valence-electron chi connectivity index (χ2n) is 5.76. The molecule has 4 nitrogen and oxygen atoms in total. The molecule has 0 fully saturated rings. The Labute approximate surface area is 133 Å². The normalized spacial score (nSPS) is 12.5. The number of aromatic nitrogens is 2. The first-order valence-corrected chi connectivity index (χ1v) is 7.36. The van der Waals surface area contributed by atoms with Gasteiger partial charge < -0.3 is 9.67 Å². The SMILES string of the molecule is Cc1cc2nc(-c3cccc(F)c3)n(C(C)C(=O)O)c2cc1C. The summed E-state index contributed by atoms with van der Waals surface area (Å²) in [6, 6.07) is 9.10. The molecule has 0 radical (unpaired) electrons. The number of fused-ring (bicyclic) bond motifs is 1. The minimum Gasteiger partial charge on any atom is -0.480 e. The van der Waals surface area contributed by atoms with Crippen LogP contribution in [0.3, 0.4) is 0 Å². The van der Waals surface area contributed by atoms with Crippen molar-refractivity contribution in [1.82, 2.24) is 9.55 Å². The van der Waals surface area contributed by atoms with E-state index in [1.54, 1.807) is 23.6 Å². The largest absolute Gasteiger partial charge is 0.480 e. The molecule has 0 aliphatic carbocycles. The van der Waals surface area contributed by atoms with Gasteiger partial charge in [-0.25, -0.2) is 14.2 Å². The van der Waals surface area contributed by atoms with Crippen LogP contribution in [-0.2, 0) is 4.79 Å². The molecule has 0 aliphatic rings. The highest BCUT2D eigenvalue weighted by Crippen LogP contribution is 2.30. The summed E-state index contributed by atoms with van der Waals surface area (Å²) in [6.07, 6.45) is 0. The Balaban J connectivity index is 2.36. The molecule has 5 heteroatoms. The number of carboxylic acids is 1. The Morgan fingerprint density at radius 1 is 1.22 bits per heavy atom. The third-order valence-corrected chi connectivity index (χ3v) is 4.13. The number of aliphatic carboxylic acids is 1. The smallest absolute Gasteiger partial charge is 0.326 e. The van der Waals surface area contributed by atoms with Crippen LogP contribution in [-0.4, -0.2) is 20.6 Å². The molecule has 0 amide bonds. The van der Waals surface area contributed by atoms with E-state index in [4.69, 9.17) is 0 Å². The highest BCUT2D eigenvalue weighted by molar-refractivity contribution is 5.85. The van der Waals surface area contributed by atoms with Crippen LogP contribution in [0, 0.1) is 19.7 Å². The minimum absolute atomic E-state index is 0.378. The lowest BCUT2D eigenvalue weighted by molar-refractivity contribution is -0.140. The summed E-state index contributed by atoms with van der Waals surface area (Å²) in [5.74, 6) is -0.879. The molecule has 1 heterocycles. The van der Waals surface area contributed by atoms with Crippen molar-refractivity contribution in [2.75, 3.05) is 0 Å². The molecule has 0 bridgehead atoms. The van der Waals surface area contributed by atoms with E-state index in [1.165, 1.54) is 12.1 Å². The summed E-state index contributed by atoms with van der Waals surface area (Å²) in [7, 11) is 0. The lowest BCUT2D eigenvalue weighted by atomic mass is 10.1. The average molecular weight is 312 g/mol. The second-order valence-corrected chi connectivity index (χ2v) is 5.76. The zero-order valence-electron chi connectivity index (χ0n) is 13.2. The van der Waals surface area contributed by atoms with Crippen LogP contribution < -0.4 is 0 Å². The summed E-state index contributed by atoms with van der Waals surface area (Å²) in [5.41, 5.74) is 4.14. The van der Waals surface area contributed by atoms with E-state index in [1.807, 2.05) is 26.0 Å². The summed E-state index contributed by atoms with van der Waals surface area (Å²) >= 11 is 0. The van der Waals surface area contributed by atoms with Crippen molar-refractivity contribution in [3.63, 3.8) is 0 Å². The molecule has 3 aromatic rings. The van der Waals surface area contributed by atoms with Gasteiger partial charge in [-0.15, -0.1) is 0 Å². The molecule has 1 aromatic heterocycles. The molecule has 2 aromatic carbocycles. The van der Waals surface area contributed by atoms with Gasteiger partial charge in [0.15, 0.2) is 0 Å². The fourth-order valence-corrected chi connectivity index (χ4v) is 2.68. The predicted octanol–water partition coefficient (Wildman–Crippen LogP) is 4.10. The van der Waals surface area contributed by atoms with E-state index in [0.29, 0.717) is 16.9 Å². The van der Waals surface area contributed by atoms with Crippen LogP contribution >= 0.6 is 0 Å². The van der Waals surface area contributed by atoms with Crippen molar-refractivity contribution in [1.29, 1.82) is 0 Å². The number of halogens is 1. The quantitative estimate of drug-likeness (QED) is 0.792. The van der Waals surface area contributed by atoms with Gasteiger partial charge in [0.1, 0.15) is 17.7 Å². The Morgan fingerprint density at radius 2 is 1.91 bits per heavy atom. The highest BCUT2D eigenvalue weighted by Gasteiger charge is 2.22. The van der Waals surface area contributed by atoms with Crippen LogP contribution in [0.1, 0.15) is 24.1 Å². The molecule has 1 atom stereocenters. The van der Waals surface area contributed by atoms with Gasteiger partial charge in [0.2, 0.25) is 0 Å². The van der Waals surface area contributed by atoms with Crippen molar-refractivity contribution in [2.24, 2.45) is 0 Å². The number of aryl methyl sites for hydroxylation is 2. The standard InChI is InChI=1S/C18H17FN2O2/c1-10-7-15-16(8-11(10)2)21(12(3)18(22)23)17(20-15)13-5-4-6-14(19)9-13/h4-9,12H,1-3H3,(H,22,23). The van der Waals surface area contributed by atoms with E-state index in [-0.39, 0.29) is 5.82 Å². The Kier molecular flexibility index (Phi) is 3.64. The molecule has 3 rings (SSSR count). The summed E-state index contributed by atoms with van der Waals surface area (Å²) < 4.78 is 15.2. The van der Waals surface area contributed by atoms with Crippen molar-refractivity contribution >= 4 is 17.0 Å². The van der Waals surface area contributed by atoms with Gasteiger partial charge in [-0.1, -0.05) is 12.1 Å². The third kappa shape index (κ3) is 2.59. The van der Waals surface area contributed by atoms with Gasteiger partial charge in [-0.05, 0) is 56.2 Å². The number of carbonyl (C=O) groups is 1. The molecular weight excluding hydrogens is 295 g/mol. The minimum atomic E-state index is -0.958. The lowest BCUT2D eigenvalue weighted by Crippen LogP contribution is -2.16. The van der Waals surface area contributed by atoms with Gasteiger partial charge in [-0.2, -0.15) is 0 Å². The van der Waals surface area contributed by atoms with Crippen LogP contribution in [0.25, 0.3) is 22.4 Å². The number of hydrogen-bond acceptors (Lipinski definition) is 2. The first-order chi connectivity index (χ1) is 10.9. The molecular formula is C18H17FN2O2. The summed E-state index contributed by atoms with van der Waals surface area (Å²) in [6.45, 7) is 5.55. The monoisotopic (exact) mass is 312 g/mol. The van der Waals surface area contributed by atoms with Gasteiger partial charge in [0.05, 0.1) is 11.0 Å². The molecule has 0 spiro atoms. The zero-order chi connectivity index (χ0) is 16.7. The maximum Gasteiger partial charge on any atom is 0.326 e. The average Bonchev–Trinajstić information content (AvgIpc) is 2.85. The predicted molar refractivity (Wildman–Crippen MR) is 86.9 cm³/mol. The topological polar surface area (TPSA) is 55.1 Å². The van der Waals surface area contributed by atoms with Gasteiger partial charge >= 0.3 is 5.97 Å². The number of carboxylic acid groups (broad SMARTS) is 1. The number of nitrogens with zero attached hydrogens (tertiary/aromatic N) is 2. The van der Waals surface area contributed by atoms with Gasteiger partial charge in [-0.3, -0.25) is 0 Å². The first kappa shape index (κ1) is 15.2. The highest BCUT2D eigenvalue weighted by atomic mass is 19.1. The van der Waals surface area contributed by atoms with Crippen LogP contribution in [0.2, 0.25) is 0 Å². The number of benzene rings is 2. The number of imidazole rings is 1. The maximum absolute atomic E-state index is 13.6. The van der Waals surface area contributed by atoms with E-state index in [2.05, 4.69) is 4.98 Å². The van der Waals surface area contributed by atoms with E-state index < -0.39 is 12.0 Å². The molecule has 0 aliphatic heterocycles. The van der Waals surface area contributed by atoms with Gasteiger partial charge in [0.25, 0.3) is 0 Å². The van der Waals surface area contributed by atoms with E-state index in [9.17, 15) is 14.3 Å². The van der Waals surface area contributed by atoms with Gasteiger partial charge in [0, 0.05) is 5.56 Å². The van der Waals surface area contributed by atoms with E-state index >= 15 is 0 Å². The molecule has 118 valence electrons. The second kappa shape index (κ2) is 5.50. The molecule has 0 saturated carbocycles. The maximum atomic E-state index is 13.6. The Bertz CT molecular complexity index is 915. The van der Waals surface area contributed by atoms with Crippen LogP contribution in [0.15, 0.2) is 36.4 Å². The number of rotatable bonds is 3. The zero-order valence-corrected chi connectivity index (χ0v) is 13.2. The Morgan fingerprint density at radius 3 is 2.57 bits per heavy atom.